The molecule has 0 saturated carbocycles. The Labute approximate surface area is 114 Å². The van der Waals surface area contributed by atoms with E-state index in [9.17, 15) is 18.4 Å². The van der Waals surface area contributed by atoms with Gasteiger partial charge >= 0.3 is 5.97 Å². The van der Waals surface area contributed by atoms with Gasteiger partial charge in [0.1, 0.15) is 0 Å². The van der Waals surface area contributed by atoms with Crippen LogP contribution in [0.5, 0.6) is 0 Å². The summed E-state index contributed by atoms with van der Waals surface area (Å²) in [5, 5.41) is 11.2. The number of carboxylic acids is 1. The number of carbonyl (C=O) groups is 2. The van der Waals surface area contributed by atoms with E-state index in [0.717, 1.165) is 0 Å². The highest BCUT2D eigenvalue weighted by atomic mass is 19.2. The average Bonchev–Trinajstić information content (AvgIpc) is 2.41. The molecule has 7 heteroatoms. The smallest absolute Gasteiger partial charge is 0.337 e. The number of anilines is 1. The minimum Gasteiger partial charge on any atom is -0.478 e. The second kappa shape index (κ2) is 5.96. The fraction of sp³-hybridized carbons (Fsp3) is 0.385. The number of hydrogen-bond donors (Lipinski definition) is 3. The molecular formula is C13H16F2N2O3. The van der Waals surface area contributed by atoms with Gasteiger partial charge in [-0.2, -0.15) is 0 Å². The molecule has 1 rings (SSSR count). The minimum absolute atomic E-state index is 0.321. The Hall–Kier alpha value is -2.02. The van der Waals surface area contributed by atoms with Crippen molar-refractivity contribution >= 4 is 17.6 Å². The van der Waals surface area contributed by atoms with Gasteiger partial charge in [-0.05, 0) is 18.9 Å². The van der Waals surface area contributed by atoms with E-state index in [1.54, 1.807) is 13.8 Å². The minimum atomic E-state index is -1.48. The van der Waals surface area contributed by atoms with Gasteiger partial charge in [0.25, 0.3) is 0 Å². The summed E-state index contributed by atoms with van der Waals surface area (Å²) < 4.78 is 26.2. The number of hydrogen-bond acceptors (Lipinski definition) is 3. The summed E-state index contributed by atoms with van der Waals surface area (Å²) in [5.74, 6) is -4.67. The highest BCUT2D eigenvalue weighted by Crippen LogP contribution is 2.22. The van der Waals surface area contributed by atoms with Crippen LogP contribution in [0.4, 0.5) is 14.5 Å². The molecule has 0 heterocycles. The van der Waals surface area contributed by atoms with Crippen LogP contribution < -0.4 is 11.1 Å². The average molecular weight is 286 g/mol. The first-order valence-corrected chi connectivity index (χ1v) is 6.07. The summed E-state index contributed by atoms with van der Waals surface area (Å²) in [6.07, 6.45) is 0.642. The lowest BCUT2D eigenvalue weighted by atomic mass is 9.93. The molecule has 1 aromatic rings. The van der Waals surface area contributed by atoms with E-state index >= 15 is 0 Å². The molecule has 0 atom stereocenters. The van der Waals surface area contributed by atoms with Crippen LogP contribution in [0.2, 0.25) is 0 Å². The standard InChI is InChI=1S/C13H16F2N2O3/c1-3-13(16,4-2)12(20)17-10-6-9(15)8(14)5-7(10)11(18)19/h5-6H,3-4,16H2,1-2H3,(H,17,20)(H,18,19). The molecule has 1 amide bonds. The van der Waals surface area contributed by atoms with Crippen molar-refractivity contribution in [3.63, 3.8) is 0 Å². The van der Waals surface area contributed by atoms with Crippen molar-refractivity contribution in [3.05, 3.63) is 29.3 Å². The first-order chi connectivity index (χ1) is 9.25. The molecule has 0 unspecified atom stereocenters. The zero-order valence-electron chi connectivity index (χ0n) is 11.2. The molecule has 0 aliphatic heterocycles. The van der Waals surface area contributed by atoms with E-state index in [1.165, 1.54) is 0 Å². The third kappa shape index (κ3) is 3.11. The maximum Gasteiger partial charge on any atom is 0.337 e. The number of halogens is 2. The Morgan fingerprint density at radius 2 is 1.75 bits per heavy atom. The topological polar surface area (TPSA) is 92.4 Å². The van der Waals surface area contributed by atoms with Gasteiger partial charge in [-0.1, -0.05) is 13.8 Å². The van der Waals surface area contributed by atoms with Crippen LogP contribution in [0, 0.1) is 11.6 Å². The van der Waals surface area contributed by atoms with Gasteiger partial charge in [-0.15, -0.1) is 0 Å². The molecule has 1 aromatic carbocycles. The van der Waals surface area contributed by atoms with Crippen LogP contribution in [0.3, 0.4) is 0 Å². The Kier molecular flexibility index (Phi) is 4.78. The van der Waals surface area contributed by atoms with Crippen molar-refractivity contribution in [1.82, 2.24) is 0 Å². The molecule has 0 bridgehead atoms. The van der Waals surface area contributed by atoms with Crippen molar-refractivity contribution in [1.29, 1.82) is 0 Å². The van der Waals surface area contributed by atoms with Crippen molar-refractivity contribution in [2.75, 3.05) is 5.32 Å². The normalized spacial score (nSPS) is 11.2. The molecule has 0 saturated heterocycles. The predicted octanol–water partition coefficient (Wildman–Crippen LogP) is 2.12. The first kappa shape index (κ1) is 16.0. The molecule has 110 valence electrons. The molecular weight excluding hydrogens is 270 g/mol. The summed E-state index contributed by atoms with van der Waals surface area (Å²) in [4.78, 5) is 23.0. The van der Waals surface area contributed by atoms with E-state index in [1.807, 2.05) is 0 Å². The lowest BCUT2D eigenvalue weighted by molar-refractivity contribution is -0.121. The van der Waals surface area contributed by atoms with Crippen LogP contribution in [0.1, 0.15) is 37.0 Å². The Morgan fingerprint density at radius 1 is 1.25 bits per heavy atom. The summed E-state index contributed by atoms with van der Waals surface area (Å²) >= 11 is 0. The second-order valence-corrected chi connectivity index (χ2v) is 4.43. The van der Waals surface area contributed by atoms with Gasteiger partial charge in [0.15, 0.2) is 11.6 Å². The van der Waals surface area contributed by atoms with E-state index in [4.69, 9.17) is 10.8 Å². The SMILES string of the molecule is CCC(N)(CC)C(=O)Nc1cc(F)c(F)cc1C(=O)O. The predicted molar refractivity (Wildman–Crippen MR) is 69.4 cm³/mol. The summed E-state index contributed by atoms with van der Waals surface area (Å²) in [5.41, 5.74) is 3.80. The van der Waals surface area contributed by atoms with Crippen LogP contribution in [0.25, 0.3) is 0 Å². The van der Waals surface area contributed by atoms with Gasteiger partial charge in [0, 0.05) is 6.07 Å². The number of carbonyl (C=O) groups excluding carboxylic acids is 1. The Morgan fingerprint density at radius 3 is 2.20 bits per heavy atom. The third-order valence-corrected chi connectivity index (χ3v) is 3.25. The lowest BCUT2D eigenvalue weighted by Gasteiger charge is -2.25. The largest absolute Gasteiger partial charge is 0.478 e. The molecule has 0 aromatic heterocycles. The van der Waals surface area contributed by atoms with Crippen molar-refractivity contribution < 1.29 is 23.5 Å². The zero-order valence-corrected chi connectivity index (χ0v) is 11.2. The number of carboxylic acid groups (broad SMARTS) is 1. The maximum absolute atomic E-state index is 13.2. The van der Waals surface area contributed by atoms with Crippen LogP contribution in [0.15, 0.2) is 12.1 Å². The van der Waals surface area contributed by atoms with Crippen molar-refractivity contribution in [3.8, 4) is 0 Å². The third-order valence-electron chi connectivity index (χ3n) is 3.25. The number of aromatic carboxylic acids is 1. The fourth-order valence-electron chi connectivity index (χ4n) is 1.65. The monoisotopic (exact) mass is 286 g/mol. The molecule has 0 radical (unpaired) electrons. The van der Waals surface area contributed by atoms with Gasteiger partial charge in [-0.25, -0.2) is 13.6 Å². The Balaban J connectivity index is 3.18. The molecule has 0 fully saturated rings. The van der Waals surface area contributed by atoms with E-state index in [-0.39, 0.29) is 5.69 Å². The fourth-order valence-corrected chi connectivity index (χ4v) is 1.65. The number of nitrogens with one attached hydrogen (secondary N) is 1. The second-order valence-electron chi connectivity index (χ2n) is 4.43. The molecule has 5 nitrogen and oxygen atoms in total. The van der Waals surface area contributed by atoms with Crippen LogP contribution in [-0.4, -0.2) is 22.5 Å². The number of rotatable bonds is 5. The Bertz CT molecular complexity index is 543. The van der Waals surface area contributed by atoms with Crippen LogP contribution in [-0.2, 0) is 4.79 Å². The molecule has 0 spiro atoms. The van der Waals surface area contributed by atoms with E-state index < -0.39 is 34.6 Å². The van der Waals surface area contributed by atoms with Crippen molar-refractivity contribution in [2.24, 2.45) is 5.73 Å². The molecule has 20 heavy (non-hydrogen) atoms. The first-order valence-electron chi connectivity index (χ1n) is 6.07. The van der Waals surface area contributed by atoms with Crippen molar-refractivity contribution in [2.45, 2.75) is 32.2 Å². The number of amides is 1. The summed E-state index contributed by atoms with van der Waals surface area (Å²) in [7, 11) is 0. The summed E-state index contributed by atoms with van der Waals surface area (Å²) in [6.45, 7) is 3.40. The number of nitrogens with two attached hydrogens (primary N) is 1. The number of benzene rings is 1. The van der Waals surface area contributed by atoms with Gasteiger partial charge in [0.05, 0.1) is 16.8 Å². The lowest BCUT2D eigenvalue weighted by Crippen LogP contribution is -2.50. The van der Waals surface area contributed by atoms with Gasteiger partial charge in [0.2, 0.25) is 5.91 Å². The van der Waals surface area contributed by atoms with Crippen LogP contribution >= 0.6 is 0 Å². The molecule has 4 N–H and O–H groups in total. The quantitative estimate of drug-likeness (QED) is 0.773. The molecule has 0 aliphatic carbocycles. The highest BCUT2D eigenvalue weighted by molar-refractivity contribution is 6.03. The maximum atomic E-state index is 13.2. The summed E-state index contributed by atoms with van der Waals surface area (Å²) in [6, 6.07) is 1.14. The van der Waals surface area contributed by atoms with Gasteiger partial charge in [-0.3, -0.25) is 4.79 Å². The highest BCUT2D eigenvalue weighted by Gasteiger charge is 2.31. The van der Waals surface area contributed by atoms with E-state index in [0.29, 0.717) is 25.0 Å². The zero-order chi connectivity index (χ0) is 15.5. The molecule has 0 aliphatic rings. The van der Waals surface area contributed by atoms with Gasteiger partial charge < -0.3 is 16.2 Å². The van der Waals surface area contributed by atoms with E-state index in [2.05, 4.69) is 5.32 Å².